The van der Waals surface area contributed by atoms with Gasteiger partial charge in [0.05, 0.1) is 16.1 Å². The van der Waals surface area contributed by atoms with E-state index in [1.54, 1.807) is 6.07 Å². The lowest BCUT2D eigenvalue weighted by Crippen LogP contribution is -2.49. The Labute approximate surface area is 122 Å². The summed E-state index contributed by atoms with van der Waals surface area (Å²) in [6.07, 6.45) is 0. The molecule has 1 aromatic carbocycles. The summed E-state index contributed by atoms with van der Waals surface area (Å²) in [6.45, 7) is 1.06. The first-order valence-corrected chi connectivity index (χ1v) is 7.74. The summed E-state index contributed by atoms with van der Waals surface area (Å²) in [7, 11) is 2.12. The molecule has 2 atom stereocenters. The average Bonchev–Trinajstić information content (AvgIpc) is 2.37. The summed E-state index contributed by atoms with van der Waals surface area (Å²) < 4.78 is 0. The Balaban J connectivity index is 2.29. The first-order chi connectivity index (χ1) is 8.65. The average molecular weight is 306 g/mol. The van der Waals surface area contributed by atoms with Gasteiger partial charge in [0.1, 0.15) is 0 Å². The second-order valence-corrected chi connectivity index (χ2v) is 6.35. The molecule has 0 bridgehead atoms. The van der Waals surface area contributed by atoms with Gasteiger partial charge in [-0.05, 0) is 18.7 Å². The second-order valence-electron chi connectivity index (χ2n) is 4.41. The number of nitrogens with one attached hydrogen (secondary N) is 1. The molecule has 0 spiro atoms. The van der Waals surface area contributed by atoms with Gasteiger partial charge in [-0.3, -0.25) is 16.2 Å². The van der Waals surface area contributed by atoms with Crippen molar-refractivity contribution in [2.24, 2.45) is 5.84 Å². The minimum atomic E-state index is -0.00556. The van der Waals surface area contributed by atoms with Crippen LogP contribution in [0, 0.1) is 0 Å². The van der Waals surface area contributed by atoms with E-state index in [2.05, 4.69) is 17.4 Å². The van der Waals surface area contributed by atoms with E-state index >= 15 is 0 Å². The molecule has 1 aromatic rings. The molecule has 1 aliphatic heterocycles. The Kier molecular flexibility index (Phi) is 5.18. The number of hydrogen-bond acceptors (Lipinski definition) is 4. The summed E-state index contributed by atoms with van der Waals surface area (Å²) in [5, 5.41) is 1.16. The highest BCUT2D eigenvalue weighted by Gasteiger charge is 2.30. The van der Waals surface area contributed by atoms with Crippen LogP contribution in [0.2, 0.25) is 10.0 Å². The molecule has 0 amide bonds. The Hall–Kier alpha value is 0.0300. The molecule has 1 heterocycles. The van der Waals surface area contributed by atoms with E-state index in [9.17, 15) is 0 Å². The number of halogens is 2. The van der Waals surface area contributed by atoms with E-state index < -0.39 is 0 Å². The van der Waals surface area contributed by atoms with Crippen molar-refractivity contribution in [3.63, 3.8) is 0 Å². The van der Waals surface area contributed by atoms with Crippen LogP contribution in [-0.2, 0) is 0 Å². The van der Waals surface area contributed by atoms with Crippen LogP contribution in [0.3, 0.4) is 0 Å². The Morgan fingerprint density at radius 2 is 2.28 bits per heavy atom. The molecule has 2 rings (SSSR count). The van der Waals surface area contributed by atoms with Crippen LogP contribution in [0.1, 0.15) is 11.6 Å². The van der Waals surface area contributed by atoms with Crippen molar-refractivity contribution >= 4 is 35.0 Å². The first kappa shape index (κ1) is 14.4. The molecule has 0 aliphatic carbocycles. The number of thioether (sulfide) groups is 1. The van der Waals surface area contributed by atoms with Crippen LogP contribution < -0.4 is 11.3 Å². The van der Waals surface area contributed by atoms with Crippen LogP contribution >= 0.6 is 35.0 Å². The molecule has 3 nitrogen and oxygen atoms in total. The summed E-state index contributed by atoms with van der Waals surface area (Å²) >= 11 is 14.3. The van der Waals surface area contributed by atoms with E-state index in [4.69, 9.17) is 29.0 Å². The maximum Gasteiger partial charge on any atom is 0.0641 e. The first-order valence-electron chi connectivity index (χ1n) is 5.83. The predicted molar refractivity (Wildman–Crippen MR) is 80.3 cm³/mol. The van der Waals surface area contributed by atoms with Crippen molar-refractivity contribution in [1.82, 2.24) is 10.3 Å². The standard InChI is InChI=1S/C12H17Cl2N3S/c1-17-5-6-18-7-10(17)12(16-15)8-3-2-4-9(13)11(8)14/h2-4,10,12,16H,5-7,15H2,1H3. The van der Waals surface area contributed by atoms with Crippen molar-refractivity contribution in [1.29, 1.82) is 0 Å². The highest BCUT2D eigenvalue weighted by molar-refractivity contribution is 7.99. The van der Waals surface area contributed by atoms with Gasteiger partial charge in [0, 0.05) is 24.1 Å². The number of hydrogen-bond donors (Lipinski definition) is 2. The zero-order valence-electron chi connectivity index (χ0n) is 10.2. The third-order valence-corrected chi connectivity index (χ3v) is 5.21. The minimum absolute atomic E-state index is 0.00556. The molecule has 6 heteroatoms. The summed E-state index contributed by atoms with van der Waals surface area (Å²) in [5.74, 6) is 7.93. The van der Waals surface area contributed by atoms with E-state index in [1.807, 2.05) is 23.9 Å². The Morgan fingerprint density at radius 3 is 2.94 bits per heavy atom. The molecule has 100 valence electrons. The molecular weight excluding hydrogens is 289 g/mol. The fraction of sp³-hybridized carbons (Fsp3) is 0.500. The monoisotopic (exact) mass is 305 g/mol. The zero-order chi connectivity index (χ0) is 13.1. The molecule has 1 fully saturated rings. The highest BCUT2D eigenvalue weighted by Crippen LogP contribution is 2.34. The van der Waals surface area contributed by atoms with Crippen molar-refractivity contribution in [2.75, 3.05) is 25.1 Å². The number of nitrogens with two attached hydrogens (primary N) is 1. The van der Waals surface area contributed by atoms with Crippen LogP contribution in [0.15, 0.2) is 18.2 Å². The number of hydrazine groups is 1. The lowest BCUT2D eigenvalue weighted by Gasteiger charge is -2.37. The minimum Gasteiger partial charge on any atom is -0.300 e. The van der Waals surface area contributed by atoms with E-state index in [-0.39, 0.29) is 6.04 Å². The molecule has 0 aromatic heterocycles. The van der Waals surface area contributed by atoms with Gasteiger partial charge in [-0.2, -0.15) is 11.8 Å². The van der Waals surface area contributed by atoms with Gasteiger partial charge >= 0.3 is 0 Å². The van der Waals surface area contributed by atoms with E-state index in [0.717, 1.165) is 23.6 Å². The number of likely N-dealkylation sites (N-methyl/N-ethyl adjacent to an activating group) is 1. The molecule has 3 N–H and O–H groups in total. The van der Waals surface area contributed by atoms with Crippen molar-refractivity contribution < 1.29 is 0 Å². The van der Waals surface area contributed by atoms with Gasteiger partial charge in [0.25, 0.3) is 0 Å². The highest BCUT2D eigenvalue weighted by atomic mass is 35.5. The SMILES string of the molecule is CN1CCSCC1C(NN)c1cccc(Cl)c1Cl. The van der Waals surface area contributed by atoms with E-state index in [1.165, 1.54) is 0 Å². The molecule has 18 heavy (non-hydrogen) atoms. The zero-order valence-corrected chi connectivity index (χ0v) is 12.5. The third-order valence-electron chi connectivity index (χ3n) is 3.32. The fourth-order valence-electron chi connectivity index (χ4n) is 2.23. The quantitative estimate of drug-likeness (QED) is 0.665. The summed E-state index contributed by atoms with van der Waals surface area (Å²) in [6, 6.07) is 5.99. The van der Waals surface area contributed by atoms with Gasteiger partial charge in [-0.15, -0.1) is 0 Å². The predicted octanol–water partition coefficient (Wildman–Crippen LogP) is 2.55. The van der Waals surface area contributed by atoms with Crippen molar-refractivity contribution in [3.05, 3.63) is 33.8 Å². The summed E-state index contributed by atoms with van der Waals surface area (Å²) in [4.78, 5) is 2.32. The largest absolute Gasteiger partial charge is 0.300 e. The van der Waals surface area contributed by atoms with Gasteiger partial charge < -0.3 is 0 Å². The molecule has 1 saturated heterocycles. The molecule has 0 radical (unpaired) electrons. The van der Waals surface area contributed by atoms with Crippen molar-refractivity contribution in [2.45, 2.75) is 12.1 Å². The molecule has 0 saturated carbocycles. The van der Waals surface area contributed by atoms with Crippen LogP contribution in [0.25, 0.3) is 0 Å². The lowest BCUT2D eigenvalue weighted by molar-refractivity contribution is 0.216. The molecule has 2 unspecified atom stereocenters. The molecule has 1 aliphatic rings. The van der Waals surface area contributed by atoms with Crippen LogP contribution in [0.5, 0.6) is 0 Å². The smallest absolute Gasteiger partial charge is 0.0641 e. The number of nitrogens with zero attached hydrogens (tertiary/aromatic N) is 1. The Bertz CT molecular complexity index is 416. The van der Waals surface area contributed by atoms with Gasteiger partial charge in [-0.25, -0.2) is 0 Å². The Morgan fingerprint density at radius 1 is 1.50 bits per heavy atom. The van der Waals surface area contributed by atoms with Crippen molar-refractivity contribution in [3.8, 4) is 0 Å². The third kappa shape index (κ3) is 2.95. The lowest BCUT2D eigenvalue weighted by atomic mass is 9.99. The van der Waals surface area contributed by atoms with Crippen LogP contribution in [0.4, 0.5) is 0 Å². The fourth-order valence-corrected chi connectivity index (χ4v) is 3.92. The maximum absolute atomic E-state index is 6.28. The van der Waals surface area contributed by atoms with Crippen LogP contribution in [-0.4, -0.2) is 36.0 Å². The van der Waals surface area contributed by atoms with Gasteiger partial charge in [0.2, 0.25) is 0 Å². The topological polar surface area (TPSA) is 41.3 Å². The van der Waals surface area contributed by atoms with Gasteiger partial charge in [0.15, 0.2) is 0 Å². The number of rotatable bonds is 3. The summed E-state index contributed by atoms with van der Waals surface area (Å²) in [5.41, 5.74) is 3.85. The molecular formula is C12H17Cl2N3S. The van der Waals surface area contributed by atoms with Gasteiger partial charge in [-0.1, -0.05) is 35.3 Å². The second kappa shape index (κ2) is 6.46. The maximum atomic E-state index is 6.28. The normalized spacial score (nSPS) is 23.0. The number of benzene rings is 1. The van der Waals surface area contributed by atoms with E-state index in [0.29, 0.717) is 16.1 Å².